The number of carbonyl (C=O) groups excluding carboxylic acids is 1. The lowest BCUT2D eigenvalue weighted by Crippen LogP contribution is -2.20. The van der Waals surface area contributed by atoms with E-state index in [0.717, 1.165) is 10.4 Å². The highest BCUT2D eigenvalue weighted by molar-refractivity contribution is 7.15. The molecular weight excluding hydrogens is 381 g/mol. The van der Waals surface area contributed by atoms with Gasteiger partial charge in [-0.05, 0) is 25.5 Å². The molecule has 0 aliphatic heterocycles. The first kappa shape index (κ1) is 17.8. The van der Waals surface area contributed by atoms with Crippen molar-refractivity contribution in [2.75, 3.05) is 5.32 Å². The van der Waals surface area contributed by atoms with Gasteiger partial charge in [-0.2, -0.15) is 5.10 Å². The van der Waals surface area contributed by atoms with Crippen LogP contribution in [0.1, 0.15) is 22.1 Å². The van der Waals surface area contributed by atoms with Crippen LogP contribution in [0.25, 0.3) is 0 Å². The van der Waals surface area contributed by atoms with Crippen LogP contribution in [0, 0.1) is 13.8 Å². The van der Waals surface area contributed by atoms with Crippen molar-refractivity contribution in [3.8, 4) is 0 Å². The van der Waals surface area contributed by atoms with Crippen LogP contribution in [0.4, 0.5) is 5.13 Å². The molecule has 0 fully saturated rings. The van der Waals surface area contributed by atoms with Crippen molar-refractivity contribution in [3.05, 3.63) is 56.5 Å². The van der Waals surface area contributed by atoms with E-state index in [0.29, 0.717) is 33.2 Å². The van der Waals surface area contributed by atoms with E-state index in [9.17, 15) is 4.79 Å². The van der Waals surface area contributed by atoms with Gasteiger partial charge in [0.2, 0.25) is 5.91 Å². The molecule has 0 radical (unpaired) electrons. The van der Waals surface area contributed by atoms with Gasteiger partial charge in [0.25, 0.3) is 0 Å². The summed E-state index contributed by atoms with van der Waals surface area (Å²) in [5, 5.41) is 8.55. The molecule has 0 bridgehead atoms. The van der Waals surface area contributed by atoms with E-state index in [1.54, 1.807) is 23.9 Å². The molecule has 6 nitrogen and oxygen atoms in total. The van der Waals surface area contributed by atoms with Crippen LogP contribution in [0.2, 0.25) is 10.0 Å². The van der Waals surface area contributed by atoms with Crippen molar-refractivity contribution in [1.82, 2.24) is 19.7 Å². The molecule has 1 aromatic carbocycles. The largest absolute Gasteiger partial charge is 0.300 e. The second kappa shape index (κ2) is 7.51. The van der Waals surface area contributed by atoms with Crippen LogP contribution in [0.3, 0.4) is 0 Å². The van der Waals surface area contributed by atoms with Gasteiger partial charge in [0.15, 0.2) is 5.13 Å². The van der Waals surface area contributed by atoms with E-state index in [4.69, 9.17) is 23.2 Å². The van der Waals surface area contributed by atoms with Gasteiger partial charge in [0.05, 0.1) is 10.0 Å². The fourth-order valence-electron chi connectivity index (χ4n) is 2.33. The number of anilines is 1. The van der Waals surface area contributed by atoms with Crippen molar-refractivity contribution in [1.29, 1.82) is 0 Å². The third kappa shape index (κ3) is 4.36. The molecule has 2 aromatic heterocycles. The number of nitrogens with one attached hydrogen (secondary N) is 1. The van der Waals surface area contributed by atoms with Crippen molar-refractivity contribution in [2.24, 2.45) is 0 Å². The monoisotopic (exact) mass is 395 g/mol. The van der Waals surface area contributed by atoms with Crippen molar-refractivity contribution < 1.29 is 4.79 Å². The van der Waals surface area contributed by atoms with Gasteiger partial charge in [-0.1, -0.05) is 35.3 Å². The topological polar surface area (TPSA) is 72.7 Å². The van der Waals surface area contributed by atoms with Crippen LogP contribution < -0.4 is 5.32 Å². The van der Waals surface area contributed by atoms with Crippen molar-refractivity contribution >= 4 is 45.6 Å². The molecule has 3 aromatic rings. The van der Waals surface area contributed by atoms with Crippen LogP contribution in [-0.2, 0) is 17.8 Å². The first-order valence-electron chi connectivity index (χ1n) is 7.48. The molecule has 0 saturated heterocycles. The fraction of sp³-hybridized carbons (Fsp3) is 0.250. The van der Waals surface area contributed by atoms with Gasteiger partial charge in [0, 0.05) is 17.5 Å². The zero-order valence-corrected chi connectivity index (χ0v) is 15.9. The maximum atomic E-state index is 12.1. The highest BCUT2D eigenvalue weighted by Gasteiger charge is 2.12. The Morgan fingerprint density at radius 1 is 1.32 bits per heavy atom. The van der Waals surface area contributed by atoms with Crippen LogP contribution in [-0.4, -0.2) is 25.7 Å². The smallest absolute Gasteiger partial charge is 0.247 e. The third-order valence-corrected chi connectivity index (χ3v) is 5.22. The molecule has 1 N–H and O–H groups in total. The Balaban J connectivity index is 1.64. The molecule has 0 saturated carbocycles. The fourth-order valence-corrected chi connectivity index (χ4v) is 3.56. The number of hydrogen-bond donors (Lipinski definition) is 1. The van der Waals surface area contributed by atoms with E-state index in [1.165, 1.54) is 11.3 Å². The Labute approximate surface area is 158 Å². The number of carbonyl (C=O) groups is 1. The number of hydrogen-bond acceptors (Lipinski definition) is 5. The predicted molar refractivity (Wildman–Crippen MR) is 99.5 cm³/mol. The Morgan fingerprint density at radius 3 is 2.84 bits per heavy atom. The summed E-state index contributed by atoms with van der Waals surface area (Å²) in [6.07, 6.45) is 2.33. The summed E-state index contributed by atoms with van der Waals surface area (Å²) in [5.74, 6) is 1.14. The third-order valence-electron chi connectivity index (χ3n) is 3.45. The number of aryl methyl sites for hydroxylation is 2. The standard InChI is InChI=1S/C16H15Cl2N5OS/c1-9-20-10(2)23(22-9)8-14(24)21-16-19-7-12(25-16)6-11-4-3-5-13(17)15(11)18/h3-5,7H,6,8H2,1-2H3,(H,19,21,24). The average Bonchev–Trinajstić information content (AvgIpc) is 3.10. The summed E-state index contributed by atoms with van der Waals surface area (Å²) in [7, 11) is 0. The van der Waals surface area contributed by atoms with Gasteiger partial charge in [-0.3, -0.25) is 4.79 Å². The molecule has 9 heteroatoms. The number of amides is 1. The molecule has 0 unspecified atom stereocenters. The molecule has 0 aliphatic carbocycles. The Bertz CT molecular complexity index is 921. The summed E-state index contributed by atoms with van der Waals surface area (Å²) in [5.41, 5.74) is 0.921. The van der Waals surface area contributed by atoms with Crippen molar-refractivity contribution in [2.45, 2.75) is 26.8 Å². The Morgan fingerprint density at radius 2 is 2.12 bits per heavy atom. The summed E-state index contributed by atoms with van der Waals surface area (Å²) in [6.45, 7) is 3.70. The maximum absolute atomic E-state index is 12.1. The van der Waals surface area contributed by atoms with Crippen molar-refractivity contribution in [3.63, 3.8) is 0 Å². The molecule has 130 valence electrons. The SMILES string of the molecule is Cc1nc(C)n(CC(=O)Nc2ncc(Cc3cccc(Cl)c3Cl)s2)n1. The Hall–Kier alpha value is -1.96. The second-order valence-corrected chi connectivity index (χ2v) is 7.33. The van der Waals surface area contributed by atoms with Gasteiger partial charge in [0.1, 0.15) is 18.2 Å². The second-order valence-electron chi connectivity index (χ2n) is 5.43. The zero-order valence-electron chi connectivity index (χ0n) is 13.6. The van der Waals surface area contributed by atoms with Crippen LogP contribution in [0.15, 0.2) is 24.4 Å². The van der Waals surface area contributed by atoms with E-state index in [-0.39, 0.29) is 12.5 Å². The van der Waals surface area contributed by atoms with E-state index in [2.05, 4.69) is 20.4 Å². The van der Waals surface area contributed by atoms with E-state index in [1.807, 2.05) is 19.1 Å². The first-order valence-corrected chi connectivity index (χ1v) is 9.05. The number of nitrogens with zero attached hydrogens (tertiary/aromatic N) is 4. The van der Waals surface area contributed by atoms with Gasteiger partial charge in [-0.15, -0.1) is 11.3 Å². The molecule has 25 heavy (non-hydrogen) atoms. The molecule has 1 amide bonds. The average molecular weight is 396 g/mol. The predicted octanol–water partition coefficient (Wildman–Crippen LogP) is 3.89. The lowest BCUT2D eigenvalue weighted by molar-refractivity contribution is -0.116. The normalized spacial score (nSPS) is 10.9. The lowest BCUT2D eigenvalue weighted by Gasteiger charge is -2.04. The van der Waals surface area contributed by atoms with Gasteiger partial charge >= 0.3 is 0 Å². The number of benzene rings is 1. The Kier molecular flexibility index (Phi) is 5.36. The van der Waals surface area contributed by atoms with E-state index < -0.39 is 0 Å². The minimum Gasteiger partial charge on any atom is -0.300 e. The minimum absolute atomic E-state index is 0.0989. The van der Waals surface area contributed by atoms with Gasteiger partial charge in [-0.25, -0.2) is 14.6 Å². The number of aromatic nitrogens is 4. The van der Waals surface area contributed by atoms with E-state index >= 15 is 0 Å². The first-order chi connectivity index (χ1) is 11.9. The molecule has 0 spiro atoms. The minimum atomic E-state index is -0.199. The maximum Gasteiger partial charge on any atom is 0.247 e. The van der Waals surface area contributed by atoms with Crippen LogP contribution in [0.5, 0.6) is 0 Å². The number of rotatable bonds is 5. The summed E-state index contributed by atoms with van der Waals surface area (Å²) in [4.78, 5) is 21.5. The highest BCUT2D eigenvalue weighted by Crippen LogP contribution is 2.29. The quantitative estimate of drug-likeness (QED) is 0.710. The molecule has 0 atom stereocenters. The molecular formula is C16H15Cl2N5OS. The molecule has 0 aliphatic rings. The lowest BCUT2D eigenvalue weighted by atomic mass is 10.1. The summed E-state index contributed by atoms with van der Waals surface area (Å²) >= 11 is 13.6. The number of thiazole rings is 1. The summed E-state index contributed by atoms with van der Waals surface area (Å²) in [6, 6.07) is 5.53. The highest BCUT2D eigenvalue weighted by atomic mass is 35.5. The number of halogens is 2. The van der Waals surface area contributed by atoms with Gasteiger partial charge < -0.3 is 5.32 Å². The van der Waals surface area contributed by atoms with Crippen LogP contribution >= 0.6 is 34.5 Å². The molecule has 3 rings (SSSR count). The molecule has 2 heterocycles. The zero-order chi connectivity index (χ0) is 18.0. The summed E-state index contributed by atoms with van der Waals surface area (Å²) < 4.78 is 1.56.